The number of piperidine rings is 1. The van der Waals surface area contributed by atoms with Gasteiger partial charge in [0.1, 0.15) is 10.8 Å². The van der Waals surface area contributed by atoms with Crippen LogP contribution in [0.1, 0.15) is 31.2 Å². The van der Waals surface area contributed by atoms with Crippen LogP contribution in [-0.4, -0.2) is 40.6 Å². The maximum Gasteiger partial charge on any atom is 0.348 e. The largest absolute Gasteiger partial charge is 0.348 e. The van der Waals surface area contributed by atoms with Crippen molar-refractivity contribution in [3.63, 3.8) is 0 Å². The summed E-state index contributed by atoms with van der Waals surface area (Å²) in [5, 5.41) is 9.50. The monoisotopic (exact) mass is 432 g/mol. The van der Waals surface area contributed by atoms with Gasteiger partial charge in [0.25, 0.3) is 0 Å². The van der Waals surface area contributed by atoms with Crippen LogP contribution >= 0.6 is 11.3 Å². The first-order chi connectivity index (χ1) is 14.0. The highest BCUT2D eigenvalue weighted by atomic mass is 32.2. The normalized spacial score (nSPS) is 16.3. The van der Waals surface area contributed by atoms with E-state index in [1.165, 1.54) is 11.3 Å². The molecule has 3 aromatic rings. The van der Waals surface area contributed by atoms with E-state index in [-0.39, 0.29) is 11.6 Å². The number of aromatic nitrogens is 3. The molecule has 1 aromatic carbocycles. The van der Waals surface area contributed by atoms with Crippen molar-refractivity contribution in [3.8, 4) is 5.00 Å². The molecule has 1 aliphatic heterocycles. The molecule has 29 heavy (non-hydrogen) atoms. The molecule has 0 radical (unpaired) electrons. The summed E-state index contributed by atoms with van der Waals surface area (Å²) < 4.78 is 29.0. The van der Waals surface area contributed by atoms with E-state index in [9.17, 15) is 13.2 Å². The lowest BCUT2D eigenvalue weighted by Crippen LogP contribution is -2.39. The maximum atomic E-state index is 12.9. The number of hydrogen-bond donors (Lipinski definition) is 1. The third kappa shape index (κ3) is 4.08. The molecule has 0 spiro atoms. The molecule has 4 rings (SSSR count). The van der Waals surface area contributed by atoms with Gasteiger partial charge in [-0.2, -0.15) is 9.40 Å². The fourth-order valence-corrected chi connectivity index (χ4v) is 5.97. The summed E-state index contributed by atoms with van der Waals surface area (Å²) in [5.74, 6) is 0.992. The Labute approximate surface area is 174 Å². The molecule has 154 valence electrons. The molecule has 1 aliphatic rings. The molecule has 1 saturated heterocycles. The smallest absolute Gasteiger partial charge is 0.246 e. The van der Waals surface area contributed by atoms with E-state index in [4.69, 9.17) is 0 Å². The Hall–Kier alpha value is -2.23. The van der Waals surface area contributed by atoms with Crippen molar-refractivity contribution in [2.24, 2.45) is 5.92 Å². The molecular weight excluding hydrogens is 408 g/mol. The van der Waals surface area contributed by atoms with Gasteiger partial charge < -0.3 is 0 Å². The summed E-state index contributed by atoms with van der Waals surface area (Å²) in [4.78, 5) is 12.5. The third-order valence-corrected chi connectivity index (χ3v) is 8.25. The second kappa shape index (κ2) is 8.25. The summed E-state index contributed by atoms with van der Waals surface area (Å²) in [7, 11) is -3.46. The molecule has 2 aromatic heterocycles. The predicted molar refractivity (Wildman–Crippen MR) is 113 cm³/mol. The van der Waals surface area contributed by atoms with Gasteiger partial charge in [-0.15, -0.1) is 11.3 Å². The Balaban J connectivity index is 1.43. The average molecular weight is 433 g/mol. The fraction of sp³-hybridized carbons (Fsp3) is 0.400. The van der Waals surface area contributed by atoms with Crippen molar-refractivity contribution < 1.29 is 8.42 Å². The Morgan fingerprint density at radius 3 is 2.52 bits per heavy atom. The molecule has 7 nitrogen and oxygen atoms in total. The Morgan fingerprint density at radius 2 is 1.90 bits per heavy atom. The van der Waals surface area contributed by atoms with Crippen molar-refractivity contribution in [3.05, 3.63) is 63.7 Å². The second-order valence-electron chi connectivity index (χ2n) is 7.28. The van der Waals surface area contributed by atoms with E-state index < -0.39 is 10.0 Å². The van der Waals surface area contributed by atoms with Crippen molar-refractivity contribution in [1.82, 2.24) is 19.1 Å². The zero-order valence-corrected chi connectivity index (χ0v) is 17.9. The van der Waals surface area contributed by atoms with E-state index in [0.717, 1.165) is 29.8 Å². The highest BCUT2D eigenvalue weighted by molar-refractivity contribution is 7.89. The molecule has 0 amide bonds. The molecule has 1 N–H and O–H groups in total. The highest BCUT2D eigenvalue weighted by Gasteiger charge is 2.30. The zero-order valence-electron chi connectivity index (χ0n) is 16.2. The van der Waals surface area contributed by atoms with Crippen LogP contribution in [0.3, 0.4) is 0 Å². The van der Waals surface area contributed by atoms with E-state index in [0.29, 0.717) is 30.2 Å². The van der Waals surface area contributed by atoms with Gasteiger partial charge in [0, 0.05) is 19.5 Å². The van der Waals surface area contributed by atoms with Crippen molar-refractivity contribution >= 4 is 21.4 Å². The van der Waals surface area contributed by atoms with E-state index in [1.807, 2.05) is 36.6 Å². The van der Waals surface area contributed by atoms with Gasteiger partial charge in [-0.3, -0.25) is 0 Å². The average Bonchev–Trinajstić information content (AvgIpc) is 3.38. The minimum atomic E-state index is -3.46. The lowest BCUT2D eigenvalue weighted by Gasteiger charge is -2.31. The molecule has 9 heteroatoms. The van der Waals surface area contributed by atoms with Crippen molar-refractivity contribution in [2.45, 2.75) is 37.5 Å². The maximum absolute atomic E-state index is 12.9. The summed E-state index contributed by atoms with van der Waals surface area (Å²) in [5.41, 5.74) is 0.886. The Morgan fingerprint density at radius 1 is 1.17 bits per heavy atom. The number of hydrogen-bond acceptors (Lipinski definition) is 5. The fourth-order valence-electron chi connectivity index (χ4n) is 3.75. The second-order valence-corrected chi connectivity index (χ2v) is 10.1. The van der Waals surface area contributed by atoms with Gasteiger partial charge in [-0.25, -0.2) is 22.9 Å². The van der Waals surface area contributed by atoms with Crippen LogP contribution < -0.4 is 5.69 Å². The van der Waals surface area contributed by atoms with Crippen LogP contribution in [-0.2, 0) is 22.9 Å². The number of aromatic amines is 1. The van der Waals surface area contributed by atoms with Gasteiger partial charge in [-0.1, -0.05) is 19.1 Å². The van der Waals surface area contributed by atoms with Gasteiger partial charge in [0.15, 0.2) is 0 Å². The number of thiophene rings is 1. The van der Waals surface area contributed by atoms with Gasteiger partial charge in [0.2, 0.25) is 10.0 Å². The van der Waals surface area contributed by atoms with E-state index in [1.54, 1.807) is 21.0 Å². The molecule has 0 bridgehead atoms. The lowest BCUT2D eigenvalue weighted by atomic mass is 9.94. The quantitative estimate of drug-likeness (QED) is 0.649. The number of nitrogens with zero attached hydrogens (tertiary/aromatic N) is 3. The minimum absolute atomic E-state index is 0.238. The standard InChI is InChI=1S/C20H24N4O3S2/c1-2-15-5-7-17(8-6-15)29(26,27)23-11-9-16(10-12-23)14-18-21-22-20(25)24(18)19-4-3-13-28-19/h3-8,13,16H,2,9-12,14H2,1H3,(H,22,25). The molecule has 0 aliphatic carbocycles. The van der Waals surface area contributed by atoms with Crippen LogP contribution in [0.15, 0.2) is 51.5 Å². The number of nitrogens with one attached hydrogen (secondary N) is 1. The predicted octanol–water partition coefficient (Wildman–Crippen LogP) is 2.83. The molecular formula is C20H24N4O3S2. The number of H-pyrrole nitrogens is 1. The number of rotatable bonds is 6. The molecule has 0 saturated carbocycles. The molecule has 0 unspecified atom stereocenters. The van der Waals surface area contributed by atoms with Crippen LogP contribution in [0.4, 0.5) is 0 Å². The van der Waals surface area contributed by atoms with Gasteiger partial charge in [-0.05, 0) is 60.4 Å². The van der Waals surface area contributed by atoms with Crippen molar-refractivity contribution in [1.29, 1.82) is 0 Å². The molecule has 0 atom stereocenters. The summed E-state index contributed by atoms with van der Waals surface area (Å²) >= 11 is 1.49. The summed E-state index contributed by atoms with van der Waals surface area (Å²) in [6, 6.07) is 10.9. The first-order valence-corrected chi connectivity index (χ1v) is 12.1. The van der Waals surface area contributed by atoms with Crippen molar-refractivity contribution in [2.75, 3.05) is 13.1 Å². The van der Waals surface area contributed by atoms with Crippen LogP contribution in [0.2, 0.25) is 0 Å². The minimum Gasteiger partial charge on any atom is -0.246 e. The van der Waals surface area contributed by atoms with E-state index in [2.05, 4.69) is 10.2 Å². The molecule has 1 fully saturated rings. The van der Waals surface area contributed by atoms with Crippen LogP contribution in [0, 0.1) is 5.92 Å². The van der Waals surface area contributed by atoms with E-state index >= 15 is 0 Å². The number of sulfonamides is 1. The first-order valence-electron chi connectivity index (χ1n) is 9.78. The topological polar surface area (TPSA) is 88.1 Å². The van der Waals surface area contributed by atoms with Crippen LogP contribution in [0.5, 0.6) is 0 Å². The van der Waals surface area contributed by atoms with Gasteiger partial charge in [0.05, 0.1) is 4.90 Å². The Kier molecular flexibility index (Phi) is 5.71. The van der Waals surface area contributed by atoms with Gasteiger partial charge >= 0.3 is 5.69 Å². The first kappa shape index (κ1) is 20.1. The van der Waals surface area contributed by atoms with Crippen LogP contribution in [0.25, 0.3) is 5.00 Å². The lowest BCUT2D eigenvalue weighted by molar-refractivity contribution is 0.270. The highest BCUT2D eigenvalue weighted by Crippen LogP contribution is 2.26. The Bertz CT molecular complexity index is 1110. The third-order valence-electron chi connectivity index (χ3n) is 5.48. The zero-order chi connectivity index (χ0) is 20.4. The SMILES string of the molecule is CCc1ccc(S(=O)(=O)N2CCC(Cc3n[nH]c(=O)n3-c3cccs3)CC2)cc1. The number of aryl methyl sites for hydroxylation is 1. The molecule has 3 heterocycles. The number of benzene rings is 1. The summed E-state index contributed by atoms with van der Waals surface area (Å²) in [6.07, 6.45) is 3.03. The summed E-state index contributed by atoms with van der Waals surface area (Å²) in [6.45, 7) is 3.01.